The van der Waals surface area contributed by atoms with Crippen molar-refractivity contribution >= 4 is 56.2 Å². The van der Waals surface area contributed by atoms with Gasteiger partial charge in [0, 0.05) is 35.3 Å². The number of nitrogens with zero attached hydrogens (tertiary/aromatic N) is 3. The standard InChI is InChI=1S/C22H19ClF3N5O5S/c1-13-4-2-3-5-14(13)11-31(12-19(32)36-20(33)22(24,25)26)37(34,35)16-6-7-17-15(8-16)9-28-10-18(17)29-21(27)30-23/h2-10H,11-12H2,1H3,(H3,27,29,30). The molecule has 3 rings (SSSR count). The first-order valence-electron chi connectivity index (χ1n) is 10.3. The molecule has 1 aromatic heterocycles. The van der Waals surface area contributed by atoms with Gasteiger partial charge in [-0.25, -0.2) is 13.2 Å². The molecule has 0 fully saturated rings. The third-order valence-corrected chi connectivity index (χ3v) is 7.04. The fourth-order valence-corrected chi connectivity index (χ4v) is 4.70. The van der Waals surface area contributed by atoms with Gasteiger partial charge in [0.25, 0.3) is 0 Å². The lowest BCUT2D eigenvalue weighted by molar-refractivity contribution is -0.201. The molecule has 0 saturated heterocycles. The SMILES string of the molecule is Cc1ccccc1CN(CC(=O)OC(=O)C(F)(F)F)S(=O)(=O)c1ccc2c(NC(N)=NCl)cncc2c1. The van der Waals surface area contributed by atoms with E-state index in [1.165, 1.54) is 30.6 Å². The van der Waals surface area contributed by atoms with Crippen LogP contribution in [0.25, 0.3) is 10.8 Å². The molecule has 3 aromatic rings. The highest BCUT2D eigenvalue weighted by molar-refractivity contribution is 7.89. The summed E-state index contributed by atoms with van der Waals surface area (Å²) in [7, 11) is -4.49. The molecular formula is C22H19ClF3N5O5S. The number of aryl methyl sites for hydroxylation is 1. The summed E-state index contributed by atoms with van der Waals surface area (Å²) in [6.45, 7) is 0.154. The van der Waals surface area contributed by atoms with Crippen molar-refractivity contribution in [3.63, 3.8) is 0 Å². The van der Waals surface area contributed by atoms with Gasteiger partial charge in [0.05, 0.1) is 16.8 Å². The Balaban J connectivity index is 2.01. The molecule has 0 aliphatic rings. The highest BCUT2D eigenvalue weighted by Gasteiger charge is 2.43. The van der Waals surface area contributed by atoms with Gasteiger partial charge in [0.15, 0.2) is 0 Å². The van der Waals surface area contributed by atoms with E-state index < -0.39 is 34.7 Å². The van der Waals surface area contributed by atoms with Gasteiger partial charge < -0.3 is 15.8 Å². The number of anilines is 1. The van der Waals surface area contributed by atoms with Gasteiger partial charge in [-0.05, 0) is 30.2 Å². The third-order valence-electron chi connectivity index (χ3n) is 5.07. The minimum absolute atomic E-state index is 0.135. The maximum absolute atomic E-state index is 13.5. The van der Waals surface area contributed by atoms with Crippen molar-refractivity contribution in [1.82, 2.24) is 9.29 Å². The number of sulfonamides is 1. The van der Waals surface area contributed by atoms with Gasteiger partial charge in [0.2, 0.25) is 16.0 Å². The number of hydrogen-bond acceptors (Lipinski definition) is 7. The van der Waals surface area contributed by atoms with Crippen LogP contribution in [-0.4, -0.2) is 48.3 Å². The maximum atomic E-state index is 13.5. The predicted octanol–water partition coefficient (Wildman–Crippen LogP) is 3.25. The second-order valence-corrected chi connectivity index (χ2v) is 9.73. The number of halogens is 4. The van der Waals surface area contributed by atoms with Crippen LogP contribution >= 0.6 is 11.8 Å². The van der Waals surface area contributed by atoms with Gasteiger partial charge in [-0.3, -0.25) is 9.78 Å². The van der Waals surface area contributed by atoms with Crippen LogP contribution in [0.5, 0.6) is 0 Å². The van der Waals surface area contributed by atoms with E-state index in [-0.39, 0.29) is 17.4 Å². The average Bonchev–Trinajstić information content (AvgIpc) is 2.84. The fourth-order valence-electron chi connectivity index (χ4n) is 3.26. The fraction of sp³-hybridized carbons (Fsp3) is 0.182. The number of nitrogens with one attached hydrogen (secondary N) is 1. The minimum atomic E-state index is -5.43. The number of ether oxygens (including phenoxy) is 1. The number of rotatable bonds is 7. The Morgan fingerprint density at radius 3 is 2.54 bits per heavy atom. The molecule has 3 N–H and O–H groups in total. The average molecular weight is 558 g/mol. The predicted molar refractivity (Wildman–Crippen MR) is 129 cm³/mol. The van der Waals surface area contributed by atoms with E-state index in [9.17, 15) is 31.2 Å². The van der Waals surface area contributed by atoms with E-state index in [2.05, 4.69) is 19.5 Å². The third kappa shape index (κ3) is 6.72. The first-order valence-corrected chi connectivity index (χ1v) is 12.1. The van der Waals surface area contributed by atoms with Gasteiger partial charge in [-0.2, -0.15) is 17.5 Å². The molecule has 0 unspecified atom stereocenters. The van der Waals surface area contributed by atoms with Gasteiger partial charge in [-0.15, -0.1) is 4.51 Å². The van der Waals surface area contributed by atoms with Crippen LogP contribution in [0.3, 0.4) is 0 Å². The van der Waals surface area contributed by atoms with Crippen molar-refractivity contribution in [3.05, 3.63) is 66.0 Å². The monoisotopic (exact) mass is 557 g/mol. The summed E-state index contributed by atoms with van der Waals surface area (Å²) in [6, 6.07) is 10.5. The van der Waals surface area contributed by atoms with Crippen LogP contribution in [0.4, 0.5) is 18.9 Å². The Morgan fingerprint density at radius 1 is 1.19 bits per heavy atom. The number of alkyl halides is 3. The Labute approximate surface area is 214 Å². The van der Waals surface area contributed by atoms with Gasteiger partial charge in [0.1, 0.15) is 6.54 Å². The Bertz CT molecular complexity index is 1480. The topological polar surface area (TPSA) is 144 Å². The number of carbonyl (C=O) groups excluding carboxylic acids is 2. The van der Waals surface area contributed by atoms with Crippen LogP contribution in [-0.2, 0) is 30.9 Å². The summed E-state index contributed by atoms with van der Waals surface area (Å²) in [6.07, 6.45) is -2.65. The largest absolute Gasteiger partial charge is 0.491 e. The number of guanidine groups is 1. The normalized spacial score (nSPS) is 12.5. The quantitative estimate of drug-likeness (QED) is 0.195. The number of nitrogens with two attached hydrogens (primary N) is 1. The zero-order valence-electron chi connectivity index (χ0n) is 19.0. The van der Waals surface area contributed by atoms with E-state index >= 15 is 0 Å². The van der Waals surface area contributed by atoms with Gasteiger partial charge >= 0.3 is 18.1 Å². The summed E-state index contributed by atoms with van der Waals surface area (Å²) in [5.74, 6) is -4.57. The molecule has 0 aliphatic heterocycles. The van der Waals surface area contributed by atoms with E-state index in [1.54, 1.807) is 31.2 Å². The highest BCUT2D eigenvalue weighted by atomic mass is 35.5. The molecule has 0 radical (unpaired) electrons. The van der Waals surface area contributed by atoms with Crippen molar-refractivity contribution in [3.8, 4) is 0 Å². The number of aromatic nitrogens is 1. The molecule has 1 heterocycles. The van der Waals surface area contributed by atoms with Crippen molar-refractivity contribution in [2.24, 2.45) is 10.2 Å². The maximum Gasteiger partial charge on any atom is 0.491 e. The Hall–Kier alpha value is -3.75. The van der Waals surface area contributed by atoms with E-state index in [0.717, 1.165) is 0 Å². The summed E-state index contributed by atoms with van der Waals surface area (Å²) >= 11 is 5.32. The lowest BCUT2D eigenvalue weighted by atomic mass is 10.1. The number of benzene rings is 2. The van der Waals surface area contributed by atoms with E-state index in [4.69, 9.17) is 17.5 Å². The molecule has 0 amide bonds. The molecule has 0 spiro atoms. The van der Waals surface area contributed by atoms with E-state index in [1.807, 2.05) is 0 Å². The first-order chi connectivity index (χ1) is 17.3. The molecule has 2 aromatic carbocycles. The van der Waals surface area contributed by atoms with Crippen LogP contribution in [0.15, 0.2) is 64.3 Å². The molecule has 0 atom stereocenters. The van der Waals surface area contributed by atoms with Crippen LogP contribution in [0.1, 0.15) is 11.1 Å². The lowest BCUT2D eigenvalue weighted by Gasteiger charge is -2.22. The molecule has 0 saturated carbocycles. The molecule has 37 heavy (non-hydrogen) atoms. The molecule has 15 heteroatoms. The Kier molecular flexibility index (Phi) is 8.35. The van der Waals surface area contributed by atoms with Crippen molar-refractivity contribution in [2.45, 2.75) is 24.5 Å². The number of hydrogen-bond donors (Lipinski definition) is 2. The van der Waals surface area contributed by atoms with E-state index in [0.29, 0.717) is 31.9 Å². The Morgan fingerprint density at radius 2 is 1.89 bits per heavy atom. The molecule has 0 aliphatic carbocycles. The zero-order valence-corrected chi connectivity index (χ0v) is 20.6. The van der Waals surface area contributed by atoms with Crippen molar-refractivity contribution in [1.29, 1.82) is 0 Å². The zero-order chi connectivity index (χ0) is 27.4. The lowest BCUT2D eigenvalue weighted by Crippen LogP contribution is -2.38. The van der Waals surface area contributed by atoms with Crippen molar-refractivity contribution in [2.75, 3.05) is 11.9 Å². The number of carbonyl (C=O) groups is 2. The minimum Gasteiger partial charge on any atom is -0.385 e. The molecular weight excluding hydrogens is 539 g/mol. The number of fused-ring (bicyclic) bond motifs is 1. The second kappa shape index (κ2) is 11.1. The summed E-state index contributed by atoms with van der Waals surface area (Å²) < 4.78 is 72.4. The number of pyridine rings is 1. The summed E-state index contributed by atoms with van der Waals surface area (Å²) in [4.78, 5) is 27.0. The smallest absolute Gasteiger partial charge is 0.385 e. The highest BCUT2D eigenvalue weighted by Crippen LogP contribution is 2.28. The molecule has 196 valence electrons. The molecule has 10 nitrogen and oxygen atoms in total. The van der Waals surface area contributed by atoms with Crippen LogP contribution in [0.2, 0.25) is 0 Å². The second-order valence-electron chi connectivity index (χ2n) is 7.62. The van der Waals surface area contributed by atoms with Gasteiger partial charge in [-0.1, -0.05) is 30.3 Å². The summed E-state index contributed by atoms with van der Waals surface area (Å²) in [5, 5.41) is 3.54. The van der Waals surface area contributed by atoms with Crippen LogP contribution < -0.4 is 11.1 Å². The number of esters is 2. The van der Waals surface area contributed by atoms with Crippen LogP contribution in [0, 0.1) is 6.92 Å². The van der Waals surface area contributed by atoms with Crippen molar-refractivity contribution < 1.29 is 35.9 Å². The molecule has 0 bridgehead atoms. The first kappa shape index (κ1) is 27.8. The summed E-state index contributed by atoms with van der Waals surface area (Å²) in [5.41, 5.74) is 7.08.